The second kappa shape index (κ2) is 2.62. The van der Waals surface area contributed by atoms with Crippen molar-refractivity contribution in [3.05, 3.63) is 0 Å². The molecule has 3 heteroatoms. The third kappa shape index (κ3) is 1.63. The summed E-state index contributed by atoms with van der Waals surface area (Å²) in [6.45, 7) is 0.686. The molecule has 0 aromatic rings. The third-order valence-electron chi connectivity index (χ3n) is 1.70. The third-order valence-corrected chi connectivity index (χ3v) is 1.70. The Morgan fingerprint density at radius 1 is 1.67 bits per heavy atom. The lowest BCUT2D eigenvalue weighted by Gasteiger charge is -2.29. The Kier molecular flexibility index (Phi) is 2.03. The molecule has 54 valence electrons. The van der Waals surface area contributed by atoms with Crippen molar-refractivity contribution in [2.45, 2.75) is 18.4 Å². The van der Waals surface area contributed by atoms with Gasteiger partial charge in [-0.1, -0.05) is 0 Å². The van der Waals surface area contributed by atoms with Crippen LogP contribution in [-0.4, -0.2) is 30.5 Å². The molecule has 2 nitrogen and oxygen atoms in total. The normalized spacial score (nSPS) is 36.7. The summed E-state index contributed by atoms with van der Waals surface area (Å²) in [5.74, 6) is 0. The van der Waals surface area contributed by atoms with Gasteiger partial charge < -0.3 is 10.4 Å². The first-order valence-corrected chi connectivity index (χ1v) is 3.26. The van der Waals surface area contributed by atoms with Crippen LogP contribution >= 0.6 is 0 Å². The molecule has 0 saturated carbocycles. The molecule has 0 bridgehead atoms. The summed E-state index contributed by atoms with van der Waals surface area (Å²) in [5.41, 5.74) is -1.06. The first-order valence-electron chi connectivity index (χ1n) is 3.26. The molecule has 0 radical (unpaired) electrons. The molecule has 1 aliphatic heterocycles. The number of alkyl halides is 1. The van der Waals surface area contributed by atoms with Gasteiger partial charge in [-0.3, -0.25) is 0 Å². The molecule has 0 spiro atoms. The molecule has 1 fully saturated rings. The van der Waals surface area contributed by atoms with Crippen molar-refractivity contribution in [2.75, 3.05) is 19.8 Å². The quantitative estimate of drug-likeness (QED) is 0.530. The summed E-state index contributed by atoms with van der Waals surface area (Å²) >= 11 is 0. The van der Waals surface area contributed by atoms with E-state index in [0.717, 1.165) is 13.0 Å². The molecule has 0 aromatic carbocycles. The van der Waals surface area contributed by atoms with Gasteiger partial charge in [0.15, 0.2) is 0 Å². The smallest absolute Gasteiger partial charge is 0.119 e. The van der Waals surface area contributed by atoms with Gasteiger partial charge in [0.25, 0.3) is 0 Å². The van der Waals surface area contributed by atoms with Gasteiger partial charge in [0, 0.05) is 6.54 Å². The fraction of sp³-hybridized carbons (Fsp3) is 1.00. The minimum atomic E-state index is -1.06. The standard InChI is InChI=1S/C6H12FNO/c7-4-6(9)2-1-3-8-5-6/h8-9H,1-5H2/t6-/m0/s1. The Morgan fingerprint density at radius 2 is 2.44 bits per heavy atom. The van der Waals surface area contributed by atoms with Crippen molar-refractivity contribution in [1.82, 2.24) is 5.32 Å². The van der Waals surface area contributed by atoms with E-state index in [1.807, 2.05) is 0 Å². The number of hydrogen-bond acceptors (Lipinski definition) is 2. The van der Waals surface area contributed by atoms with Crippen LogP contribution in [0.4, 0.5) is 4.39 Å². The van der Waals surface area contributed by atoms with Crippen molar-refractivity contribution in [3.63, 3.8) is 0 Å². The Hall–Kier alpha value is -0.150. The molecule has 9 heavy (non-hydrogen) atoms. The maximum Gasteiger partial charge on any atom is 0.119 e. The number of nitrogens with one attached hydrogen (secondary N) is 1. The van der Waals surface area contributed by atoms with Gasteiger partial charge in [0.1, 0.15) is 12.3 Å². The second-order valence-corrected chi connectivity index (χ2v) is 2.64. The molecular formula is C6H12FNO. The Balaban J connectivity index is 2.37. The van der Waals surface area contributed by atoms with Crippen LogP contribution in [0, 0.1) is 0 Å². The molecule has 2 N–H and O–H groups in total. The van der Waals surface area contributed by atoms with Gasteiger partial charge >= 0.3 is 0 Å². The van der Waals surface area contributed by atoms with Crippen LogP contribution in [0.5, 0.6) is 0 Å². The summed E-state index contributed by atoms with van der Waals surface area (Å²) in [6.07, 6.45) is 1.47. The van der Waals surface area contributed by atoms with E-state index in [0.29, 0.717) is 13.0 Å². The number of hydrogen-bond donors (Lipinski definition) is 2. The van der Waals surface area contributed by atoms with E-state index in [2.05, 4.69) is 5.32 Å². The van der Waals surface area contributed by atoms with Gasteiger partial charge in [0.05, 0.1) is 0 Å². The van der Waals surface area contributed by atoms with E-state index in [1.165, 1.54) is 0 Å². The molecule has 1 heterocycles. The SMILES string of the molecule is O[C@]1(CF)CCCNC1. The first kappa shape index (κ1) is 6.96. The number of rotatable bonds is 1. The minimum Gasteiger partial charge on any atom is -0.386 e. The summed E-state index contributed by atoms with van der Waals surface area (Å²) in [6, 6.07) is 0. The zero-order chi connectivity index (χ0) is 6.74. The fourth-order valence-electron chi connectivity index (χ4n) is 1.07. The Labute approximate surface area is 54.1 Å². The molecular weight excluding hydrogens is 121 g/mol. The molecule has 0 amide bonds. The lowest BCUT2D eigenvalue weighted by molar-refractivity contribution is -0.00519. The van der Waals surface area contributed by atoms with Crippen LogP contribution in [0.1, 0.15) is 12.8 Å². The minimum absolute atomic E-state index is 0.406. The van der Waals surface area contributed by atoms with Crippen LogP contribution in [0.3, 0.4) is 0 Å². The maximum absolute atomic E-state index is 12.0. The van der Waals surface area contributed by atoms with E-state index in [-0.39, 0.29) is 0 Å². The van der Waals surface area contributed by atoms with E-state index >= 15 is 0 Å². The van der Waals surface area contributed by atoms with Crippen molar-refractivity contribution >= 4 is 0 Å². The summed E-state index contributed by atoms with van der Waals surface area (Å²) in [7, 11) is 0. The summed E-state index contributed by atoms with van der Waals surface area (Å²) in [5, 5.41) is 12.2. The van der Waals surface area contributed by atoms with Crippen LogP contribution in [0.25, 0.3) is 0 Å². The molecule has 1 saturated heterocycles. The van der Waals surface area contributed by atoms with Gasteiger partial charge in [-0.2, -0.15) is 0 Å². The van der Waals surface area contributed by atoms with Gasteiger partial charge in [-0.25, -0.2) is 4.39 Å². The number of β-amino-alcohol motifs (C(OH)–C–C–N with tert-alkyl or cyclic N) is 1. The van der Waals surface area contributed by atoms with Crippen LogP contribution in [0.15, 0.2) is 0 Å². The Bertz CT molecular complexity index is 91.1. The predicted molar refractivity (Wildman–Crippen MR) is 33.0 cm³/mol. The highest BCUT2D eigenvalue weighted by atomic mass is 19.1. The zero-order valence-corrected chi connectivity index (χ0v) is 5.36. The van der Waals surface area contributed by atoms with Crippen molar-refractivity contribution in [1.29, 1.82) is 0 Å². The fourth-order valence-corrected chi connectivity index (χ4v) is 1.07. The maximum atomic E-state index is 12.0. The highest BCUT2D eigenvalue weighted by molar-refractivity contribution is 4.84. The number of piperidine rings is 1. The van der Waals surface area contributed by atoms with Crippen LogP contribution in [-0.2, 0) is 0 Å². The van der Waals surface area contributed by atoms with Crippen molar-refractivity contribution in [3.8, 4) is 0 Å². The molecule has 1 aliphatic rings. The molecule has 0 aromatic heterocycles. The summed E-state index contributed by atoms with van der Waals surface area (Å²) < 4.78 is 12.0. The summed E-state index contributed by atoms with van der Waals surface area (Å²) in [4.78, 5) is 0. The molecule has 0 unspecified atom stereocenters. The predicted octanol–water partition coefficient (Wildman–Crippen LogP) is 0.0704. The van der Waals surface area contributed by atoms with Crippen molar-refractivity contribution < 1.29 is 9.50 Å². The lowest BCUT2D eigenvalue weighted by Crippen LogP contribution is -2.47. The average molecular weight is 133 g/mol. The highest BCUT2D eigenvalue weighted by Crippen LogP contribution is 2.15. The van der Waals surface area contributed by atoms with Gasteiger partial charge in [-0.05, 0) is 19.4 Å². The monoisotopic (exact) mass is 133 g/mol. The largest absolute Gasteiger partial charge is 0.386 e. The van der Waals surface area contributed by atoms with Crippen LogP contribution in [0.2, 0.25) is 0 Å². The van der Waals surface area contributed by atoms with E-state index in [4.69, 9.17) is 0 Å². The zero-order valence-electron chi connectivity index (χ0n) is 5.36. The number of aliphatic hydroxyl groups is 1. The second-order valence-electron chi connectivity index (χ2n) is 2.64. The van der Waals surface area contributed by atoms with Crippen molar-refractivity contribution in [2.24, 2.45) is 0 Å². The van der Waals surface area contributed by atoms with Gasteiger partial charge in [-0.15, -0.1) is 0 Å². The molecule has 0 aliphatic carbocycles. The van der Waals surface area contributed by atoms with Crippen LogP contribution < -0.4 is 5.32 Å². The molecule has 1 atom stereocenters. The van der Waals surface area contributed by atoms with E-state index in [9.17, 15) is 9.50 Å². The molecule has 1 rings (SSSR count). The Morgan fingerprint density at radius 3 is 2.78 bits per heavy atom. The first-order chi connectivity index (χ1) is 4.27. The van der Waals surface area contributed by atoms with E-state index in [1.54, 1.807) is 0 Å². The lowest BCUT2D eigenvalue weighted by atomic mass is 9.96. The van der Waals surface area contributed by atoms with E-state index < -0.39 is 12.3 Å². The highest BCUT2D eigenvalue weighted by Gasteiger charge is 2.28. The van der Waals surface area contributed by atoms with Gasteiger partial charge in [0.2, 0.25) is 0 Å². The number of halogens is 1. The average Bonchev–Trinajstić information content (AvgIpc) is 1.90. The topological polar surface area (TPSA) is 32.3 Å².